The maximum atomic E-state index is 11.3. The van der Waals surface area contributed by atoms with Crippen LogP contribution in [0.5, 0.6) is 0 Å². The Balaban J connectivity index is 0.00000144. The number of nitrogens with one attached hydrogen (secondary N) is 1. The molecule has 2 amide bonds. The van der Waals surface area contributed by atoms with Gasteiger partial charge in [-0.05, 0) is 19.8 Å². The standard InChI is InChI=1S/C9H14N2O.ClH/c1-3-6-10-9(12)11-7-4-5-8(11)2;/h1,8H,4-7H2,2H3,(H,10,12);1H. The summed E-state index contributed by atoms with van der Waals surface area (Å²) >= 11 is 0. The normalized spacial score (nSPS) is 20.3. The highest BCUT2D eigenvalue weighted by Crippen LogP contribution is 2.15. The molecule has 1 saturated heterocycles. The van der Waals surface area contributed by atoms with Crippen LogP contribution in [0.25, 0.3) is 0 Å². The first-order valence-electron chi connectivity index (χ1n) is 4.23. The average Bonchev–Trinajstić information content (AvgIpc) is 2.47. The van der Waals surface area contributed by atoms with Crippen molar-refractivity contribution < 1.29 is 4.79 Å². The monoisotopic (exact) mass is 202 g/mol. The van der Waals surface area contributed by atoms with E-state index in [1.165, 1.54) is 0 Å². The second-order valence-corrected chi connectivity index (χ2v) is 3.05. The van der Waals surface area contributed by atoms with Gasteiger partial charge in [0.25, 0.3) is 0 Å². The summed E-state index contributed by atoms with van der Waals surface area (Å²) in [4.78, 5) is 13.2. The number of carbonyl (C=O) groups is 1. The fourth-order valence-electron chi connectivity index (χ4n) is 1.46. The number of halogens is 1. The molecule has 0 radical (unpaired) electrons. The number of rotatable bonds is 1. The molecule has 0 bridgehead atoms. The lowest BCUT2D eigenvalue weighted by Crippen LogP contribution is -2.41. The smallest absolute Gasteiger partial charge is 0.318 e. The molecule has 1 aliphatic rings. The van der Waals surface area contributed by atoms with Crippen molar-refractivity contribution in [2.45, 2.75) is 25.8 Å². The van der Waals surface area contributed by atoms with Crippen LogP contribution in [-0.4, -0.2) is 30.1 Å². The molecule has 74 valence electrons. The minimum Gasteiger partial charge on any atom is -0.327 e. The van der Waals surface area contributed by atoms with Gasteiger partial charge in [-0.1, -0.05) is 5.92 Å². The van der Waals surface area contributed by atoms with Gasteiger partial charge in [-0.15, -0.1) is 18.8 Å². The highest BCUT2D eigenvalue weighted by atomic mass is 35.5. The highest BCUT2D eigenvalue weighted by molar-refractivity contribution is 5.85. The van der Waals surface area contributed by atoms with Crippen molar-refractivity contribution in [2.75, 3.05) is 13.1 Å². The first-order valence-corrected chi connectivity index (χ1v) is 4.23. The molecule has 3 nitrogen and oxygen atoms in total. The first-order chi connectivity index (χ1) is 5.75. The van der Waals surface area contributed by atoms with Crippen LogP contribution >= 0.6 is 12.4 Å². The van der Waals surface area contributed by atoms with E-state index < -0.39 is 0 Å². The SMILES string of the molecule is C#CCNC(=O)N1CCCC1C.Cl. The maximum Gasteiger partial charge on any atom is 0.318 e. The van der Waals surface area contributed by atoms with Crippen LogP contribution < -0.4 is 5.32 Å². The third-order valence-corrected chi connectivity index (χ3v) is 2.16. The molecule has 4 heteroatoms. The quantitative estimate of drug-likeness (QED) is 0.638. The molecule has 1 atom stereocenters. The van der Waals surface area contributed by atoms with E-state index in [0.717, 1.165) is 19.4 Å². The zero-order valence-corrected chi connectivity index (χ0v) is 8.56. The maximum absolute atomic E-state index is 11.3. The predicted octanol–water partition coefficient (Wildman–Crippen LogP) is 1.24. The molecule has 0 spiro atoms. The van der Waals surface area contributed by atoms with Gasteiger partial charge in [-0.25, -0.2) is 4.79 Å². The molecular weight excluding hydrogens is 188 g/mol. The van der Waals surface area contributed by atoms with Gasteiger partial charge in [-0.2, -0.15) is 0 Å². The van der Waals surface area contributed by atoms with E-state index >= 15 is 0 Å². The van der Waals surface area contributed by atoms with Crippen molar-refractivity contribution in [3.63, 3.8) is 0 Å². The summed E-state index contributed by atoms with van der Waals surface area (Å²) in [5.41, 5.74) is 0. The lowest BCUT2D eigenvalue weighted by Gasteiger charge is -2.20. The van der Waals surface area contributed by atoms with Crippen LogP contribution in [0.2, 0.25) is 0 Å². The lowest BCUT2D eigenvalue weighted by molar-refractivity contribution is 0.197. The van der Waals surface area contributed by atoms with Crippen molar-refractivity contribution in [1.29, 1.82) is 0 Å². The van der Waals surface area contributed by atoms with Crippen molar-refractivity contribution in [3.8, 4) is 12.3 Å². The number of nitrogens with zero attached hydrogens (tertiary/aromatic N) is 1. The number of amides is 2. The fourth-order valence-corrected chi connectivity index (χ4v) is 1.46. The minimum absolute atomic E-state index is 0. The molecule has 0 aromatic carbocycles. The fraction of sp³-hybridized carbons (Fsp3) is 0.667. The lowest BCUT2D eigenvalue weighted by atomic mass is 10.2. The number of carbonyl (C=O) groups excluding carboxylic acids is 1. The number of likely N-dealkylation sites (tertiary alicyclic amines) is 1. The van der Waals surface area contributed by atoms with E-state index in [4.69, 9.17) is 6.42 Å². The topological polar surface area (TPSA) is 32.3 Å². The zero-order valence-electron chi connectivity index (χ0n) is 7.75. The van der Waals surface area contributed by atoms with Gasteiger partial charge in [0.15, 0.2) is 0 Å². The number of terminal acetylenes is 1. The number of hydrogen-bond donors (Lipinski definition) is 1. The van der Waals surface area contributed by atoms with Crippen LogP contribution in [0, 0.1) is 12.3 Å². The van der Waals surface area contributed by atoms with Crippen LogP contribution in [0.3, 0.4) is 0 Å². The summed E-state index contributed by atoms with van der Waals surface area (Å²) in [6, 6.07) is 0.334. The average molecular weight is 203 g/mol. The third kappa shape index (κ3) is 3.16. The molecule has 1 unspecified atom stereocenters. The second kappa shape index (κ2) is 5.71. The molecule has 0 aromatic heterocycles. The van der Waals surface area contributed by atoms with E-state index in [1.807, 2.05) is 4.90 Å². The highest BCUT2D eigenvalue weighted by Gasteiger charge is 2.24. The van der Waals surface area contributed by atoms with Gasteiger partial charge in [-0.3, -0.25) is 0 Å². The van der Waals surface area contributed by atoms with E-state index in [9.17, 15) is 4.79 Å². The van der Waals surface area contributed by atoms with Gasteiger partial charge in [0.1, 0.15) is 0 Å². The number of urea groups is 1. The van der Waals surface area contributed by atoms with E-state index in [0.29, 0.717) is 12.6 Å². The van der Waals surface area contributed by atoms with Crippen molar-refractivity contribution >= 4 is 18.4 Å². The van der Waals surface area contributed by atoms with Gasteiger partial charge in [0.05, 0.1) is 6.54 Å². The summed E-state index contributed by atoms with van der Waals surface area (Å²) in [6.45, 7) is 3.24. The molecule has 13 heavy (non-hydrogen) atoms. The van der Waals surface area contributed by atoms with Crippen LogP contribution in [0.1, 0.15) is 19.8 Å². The van der Waals surface area contributed by atoms with Gasteiger partial charge in [0.2, 0.25) is 0 Å². The Morgan fingerprint density at radius 1 is 1.77 bits per heavy atom. The van der Waals surface area contributed by atoms with Crippen LogP contribution in [-0.2, 0) is 0 Å². The molecule has 0 aromatic rings. The van der Waals surface area contributed by atoms with Gasteiger partial charge in [0, 0.05) is 12.6 Å². The van der Waals surface area contributed by atoms with E-state index in [2.05, 4.69) is 18.2 Å². The predicted molar refractivity (Wildman–Crippen MR) is 54.9 cm³/mol. The molecule has 1 rings (SSSR count). The Kier molecular flexibility index (Phi) is 5.33. The van der Waals surface area contributed by atoms with Gasteiger partial charge >= 0.3 is 6.03 Å². The zero-order chi connectivity index (χ0) is 8.97. The largest absolute Gasteiger partial charge is 0.327 e. The summed E-state index contributed by atoms with van der Waals surface area (Å²) in [6.07, 6.45) is 7.23. The van der Waals surface area contributed by atoms with Crippen LogP contribution in [0.15, 0.2) is 0 Å². The molecular formula is C9H15ClN2O. The van der Waals surface area contributed by atoms with Gasteiger partial charge < -0.3 is 10.2 Å². The second-order valence-electron chi connectivity index (χ2n) is 3.05. The molecule has 1 heterocycles. The van der Waals surface area contributed by atoms with E-state index in [1.54, 1.807) is 0 Å². The molecule has 0 saturated carbocycles. The summed E-state index contributed by atoms with van der Waals surface area (Å²) < 4.78 is 0. The number of hydrogen-bond acceptors (Lipinski definition) is 1. The molecule has 1 N–H and O–H groups in total. The van der Waals surface area contributed by atoms with Crippen molar-refractivity contribution in [2.24, 2.45) is 0 Å². The third-order valence-electron chi connectivity index (χ3n) is 2.16. The Bertz CT molecular complexity index is 212. The first kappa shape index (κ1) is 12.1. The Morgan fingerprint density at radius 3 is 2.92 bits per heavy atom. The minimum atomic E-state index is -0.0297. The summed E-state index contributed by atoms with van der Waals surface area (Å²) in [7, 11) is 0. The van der Waals surface area contributed by atoms with E-state index in [-0.39, 0.29) is 18.4 Å². The van der Waals surface area contributed by atoms with Crippen LogP contribution in [0.4, 0.5) is 4.79 Å². The van der Waals surface area contributed by atoms with Crippen molar-refractivity contribution in [3.05, 3.63) is 0 Å². The summed E-state index contributed by atoms with van der Waals surface area (Å²) in [5, 5.41) is 2.66. The molecule has 1 fully saturated rings. The summed E-state index contributed by atoms with van der Waals surface area (Å²) in [5.74, 6) is 2.38. The Labute approximate surface area is 85.3 Å². The Morgan fingerprint density at radius 2 is 2.46 bits per heavy atom. The molecule has 0 aliphatic carbocycles. The van der Waals surface area contributed by atoms with Crippen molar-refractivity contribution in [1.82, 2.24) is 10.2 Å². The molecule has 1 aliphatic heterocycles. The Hall–Kier alpha value is -0.880.